The molecule has 0 aliphatic carbocycles. The highest BCUT2D eigenvalue weighted by Crippen LogP contribution is 2.17. The lowest BCUT2D eigenvalue weighted by Crippen LogP contribution is -2.35. The smallest absolute Gasteiger partial charge is 0.408 e. The van der Waals surface area contributed by atoms with Gasteiger partial charge in [0.2, 0.25) is 0 Å². The third-order valence-electron chi connectivity index (χ3n) is 2.16. The van der Waals surface area contributed by atoms with Gasteiger partial charge in [-0.3, -0.25) is 9.78 Å². The predicted octanol–water partition coefficient (Wildman–Crippen LogP) is 2.12. The van der Waals surface area contributed by atoms with Gasteiger partial charge in [0.15, 0.2) is 0 Å². The average molecular weight is 266 g/mol. The van der Waals surface area contributed by atoms with Crippen LogP contribution < -0.4 is 5.32 Å². The molecule has 6 nitrogen and oxygen atoms in total. The van der Waals surface area contributed by atoms with E-state index in [9.17, 15) is 9.59 Å². The van der Waals surface area contributed by atoms with Gasteiger partial charge in [-0.05, 0) is 32.4 Å². The van der Waals surface area contributed by atoms with Crippen LogP contribution in [0.25, 0.3) is 0 Å². The van der Waals surface area contributed by atoms with Crippen LogP contribution in [0.1, 0.15) is 38.8 Å². The van der Waals surface area contributed by atoms with E-state index < -0.39 is 23.7 Å². The highest BCUT2D eigenvalue weighted by atomic mass is 16.6. The number of rotatable bonds is 4. The molecule has 0 saturated carbocycles. The van der Waals surface area contributed by atoms with Crippen molar-refractivity contribution in [1.29, 1.82) is 0 Å². The maximum atomic E-state index is 11.7. The average Bonchev–Trinajstić information content (AvgIpc) is 2.26. The van der Waals surface area contributed by atoms with Crippen LogP contribution in [0, 0.1) is 0 Å². The van der Waals surface area contributed by atoms with Gasteiger partial charge in [-0.25, -0.2) is 4.79 Å². The highest BCUT2D eigenvalue weighted by Gasteiger charge is 2.22. The van der Waals surface area contributed by atoms with E-state index >= 15 is 0 Å². The summed E-state index contributed by atoms with van der Waals surface area (Å²) in [6.07, 6.45) is 2.22. The molecule has 19 heavy (non-hydrogen) atoms. The van der Waals surface area contributed by atoms with Crippen LogP contribution in [-0.4, -0.2) is 27.8 Å². The summed E-state index contributed by atoms with van der Waals surface area (Å²) in [6, 6.07) is 2.72. The molecule has 0 unspecified atom stereocenters. The molecule has 1 aromatic heterocycles. The number of carbonyl (C=O) groups is 2. The molecule has 1 rings (SSSR count). The Balaban J connectivity index is 2.76. The summed E-state index contributed by atoms with van der Waals surface area (Å²) < 4.78 is 5.11. The first-order valence-corrected chi connectivity index (χ1v) is 5.89. The minimum absolute atomic E-state index is 0.231. The summed E-state index contributed by atoms with van der Waals surface area (Å²) in [4.78, 5) is 26.4. The van der Waals surface area contributed by atoms with E-state index in [2.05, 4.69) is 10.3 Å². The number of carbonyl (C=O) groups excluding carboxylic acids is 1. The van der Waals surface area contributed by atoms with Gasteiger partial charge in [-0.1, -0.05) is 6.07 Å². The first-order valence-electron chi connectivity index (χ1n) is 5.89. The number of carboxylic acids is 1. The van der Waals surface area contributed by atoms with Crippen LogP contribution in [0.3, 0.4) is 0 Å². The summed E-state index contributed by atoms with van der Waals surface area (Å²) in [7, 11) is 0. The Morgan fingerprint density at radius 3 is 2.63 bits per heavy atom. The Kier molecular flexibility index (Phi) is 4.86. The van der Waals surface area contributed by atoms with Gasteiger partial charge in [0.25, 0.3) is 0 Å². The van der Waals surface area contributed by atoms with Gasteiger partial charge in [0, 0.05) is 12.4 Å². The number of pyridine rings is 1. The van der Waals surface area contributed by atoms with Crippen molar-refractivity contribution in [3.8, 4) is 0 Å². The summed E-state index contributed by atoms with van der Waals surface area (Å²) in [6.45, 7) is 5.22. The van der Waals surface area contributed by atoms with Crippen LogP contribution in [0.5, 0.6) is 0 Å². The van der Waals surface area contributed by atoms with Crippen molar-refractivity contribution in [2.45, 2.75) is 38.8 Å². The number of nitrogens with zero attached hydrogens (tertiary/aromatic N) is 1. The van der Waals surface area contributed by atoms with Gasteiger partial charge in [0.05, 0.1) is 12.5 Å². The van der Waals surface area contributed by atoms with Crippen molar-refractivity contribution in [3.05, 3.63) is 30.1 Å². The molecule has 0 spiro atoms. The lowest BCUT2D eigenvalue weighted by atomic mass is 10.1. The maximum absolute atomic E-state index is 11.7. The lowest BCUT2D eigenvalue weighted by molar-refractivity contribution is -0.137. The summed E-state index contributed by atoms with van der Waals surface area (Å²) in [5.41, 5.74) is -0.0111. The van der Waals surface area contributed by atoms with E-state index in [1.807, 2.05) is 0 Å². The zero-order chi connectivity index (χ0) is 14.5. The fourth-order valence-electron chi connectivity index (χ4n) is 1.46. The van der Waals surface area contributed by atoms with Crippen LogP contribution >= 0.6 is 0 Å². The second-order valence-electron chi connectivity index (χ2n) is 5.08. The molecular weight excluding hydrogens is 248 g/mol. The molecule has 0 aliphatic heterocycles. The zero-order valence-corrected chi connectivity index (χ0v) is 11.2. The van der Waals surface area contributed by atoms with Crippen molar-refractivity contribution in [2.24, 2.45) is 0 Å². The van der Waals surface area contributed by atoms with E-state index in [-0.39, 0.29) is 6.42 Å². The number of aromatic nitrogens is 1. The van der Waals surface area contributed by atoms with Crippen LogP contribution in [0.4, 0.5) is 4.79 Å². The Morgan fingerprint density at radius 2 is 2.16 bits per heavy atom. The SMILES string of the molecule is CC(C)(C)OC(=O)N[C@H](CC(=O)O)c1cccnc1. The van der Waals surface area contributed by atoms with Gasteiger partial charge >= 0.3 is 12.1 Å². The van der Waals surface area contributed by atoms with Gasteiger partial charge in [-0.2, -0.15) is 0 Å². The predicted molar refractivity (Wildman–Crippen MR) is 68.6 cm³/mol. The molecule has 0 aromatic carbocycles. The van der Waals surface area contributed by atoms with Crippen molar-refractivity contribution in [3.63, 3.8) is 0 Å². The summed E-state index contributed by atoms with van der Waals surface area (Å²) >= 11 is 0. The minimum Gasteiger partial charge on any atom is -0.481 e. The monoisotopic (exact) mass is 266 g/mol. The largest absolute Gasteiger partial charge is 0.481 e. The van der Waals surface area contributed by atoms with Gasteiger partial charge in [0.1, 0.15) is 5.60 Å². The van der Waals surface area contributed by atoms with Crippen molar-refractivity contribution >= 4 is 12.1 Å². The first kappa shape index (κ1) is 14.9. The molecule has 0 bridgehead atoms. The molecule has 0 saturated heterocycles. The number of hydrogen-bond acceptors (Lipinski definition) is 4. The van der Waals surface area contributed by atoms with E-state index in [1.165, 1.54) is 6.20 Å². The number of carboxylic acid groups (broad SMARTS) is 1. The molecule has 1 aromatic rings. The second-order valence-corrected chi connectivity index (χ2v) is 5.08. The second kappa shape index (κ2) is 6.17. The molecule has 104 valence electrons. The van der Waals surface area contributed by atoms with E-state index in [4.69, 9.17) is 9.84 Å². The van der Waals surface area contributed by atoms with Crippen molar-refractivity contribution in [2.75, 3.05) is 0 Å². The molecular formula is C13H18N2O4. The quantitative estimate of drug-likeness (QED) is 0.871. The number of alkyl carbamates (subject to hydrolysis) is 1. The topological polar surface area (TPSA) is 88.5 Å². The standard InChI is InChI=1S/C13H18N2O4/c1-13(2,3)19-12(18)15-10(7-11(16)17)9-5-4-6-14-8-9/h4-6,8,10H,7H2,1-3H3,(H,15,18)(H,16,17)/t10-/m1/s1. The third kappa shape index (κ3) is 5.85. The zero-order valence-electron chi connectivity index (χ0n) is 11.2. The number of aliphatic carboxylic acids is 1. The third-order valence-corrected chi connectivity index (χ3v) is 2.16. The lowest BCUT2D eigenvalue weighted by Gasteiger charge is -2.23. The molecule has 2 N–H and O–H groups in total. The summed E-state index contributed by atoms with van der Waals surface area (Å²) in [5, 5.41) is 11.4. The van der Waals surface area contributed by atoms with E-state index in [1.54, 1.807) is 39.1 Å². The van der Waals surface area contributed by atoms with Gasteiger partial charge < -0.3 is 15.2 Å². The van der Waals surface area contributed by atoms with Crippen LogP contribution in [0.15, 0.2) is 24.5 Å². The maximum Gasteiger partial charge on any atom is 0.408 e. The molecule has 0 fully saturated rings. The van der Waals surface area contributed by atoms with Crippen molar-refractivity contribution < 1.29 is 19.4 Å². The Morgan fingerprint density at radius 1 is 1.47 bits per heavy atom. The molecule has 0 radical (unpaired) electrons. The molecule has 0 aliphatic rings. The van der Waals surface area contributed by atoms with Crippen LogP contribution in [0.2, 0.25) is 0 Å². The molecule has 1 heterocycles. The first-order chi connectivity index (χ1) is 8.78. The van der Waals surface area contributed by atoms with Gasteiger partial charge in [-0.15, -0.1) is 0 Å². The number of nitrogens with one attached hydrogen (secondary N) is 1. The fraction of sp³-hybridized carbons (Fsp3) is 0.462. The Hall–Kier alpha value is -2.11. The molecule has 1 amide bonds. The van der Waals surface area contributed by atoms with E-state index in [0.717, 1.165) is 0 Å². The van der Waals surface area contributed by atoms with Crippen LogP contribution in [-0.2, 0) is 9.53 Å². The Bertz CT molecular complexity index is 440. The normalized spacial score (nSPS) is 12.6. The molecule has 6 heteroatoms. The number of ether oxygens (including phenoxy) is 1. The Labute approximate surface area is 111 Å². The fourth-order valence-corrected chi connectivity index (χ4v) is 1.46. The van der Waals surface area contributed by atoms with Crippen molar-refractivity contribution in [1.82, 2.24) is 10.3 Å². The van der Waals surface area contributed by atoms with E-state index in [0.29, 0.717) is 5.56 Å². The minimum atomic E-state index is -1.01. The number of hydrogen-bond donors (Lipinski definition) is 2. The molecule has 1 atom stereocenters. The summed E-state index contributed by atoms with van der Waals surface area (Å²) in [5.74, 6) is -1.01. The highest BCUT2D eigenvalue weighted by molar-refractivity contribution is 5.72. The number of amides is 1.